The standard InChI is InChI=1S/C17H17Cl2NO3S/c1-12-9-17(15(19)10-14(12)18)24(21,22)20-7-8-23-16(11-20)13-5-3-2-4-6-13/h2-6,9-10,16H,7-8,11H2,1H3. The summed E-state index contributed by atoms with van der Waals surface area (Å²) in [5.41, 5.74) is 1.63. The summed E-state index contributed by atoms with van der Waals surface area (Å²) in [5, 5.41) is 0.580. The molecule has 3 rings (SSSR count). The number of morpholine rings is 1. The Bertz CT molecular complexity index is 840. The Morgan fingerprint density at radius 3 is 2.54 bits per heavy atom. The third kappa shape index (κ3) is 3.46. The Balaban J connectivity index is 1.91. The number of sulfonamides is 1. The first-order valence-electron chi connectivity index (χ1n) is 7.52. The van der Waals surface area contributed by atoms with Crippen molar-refractivity contribution in [3.8, 4) is 0 Å². The average Bonchev–Trinajstić information content (AvgIpc) is 2.59. The van der Waals surface area contributed by atoms with Gasteiger partial charge in [-0.15, -0.1) is 0 Å². The van der Waals surface area contributed by atoms with Crippen LogP contribution in [0.25, 0.3) is 0 Å². The number of hydrogen-bond acceptors (Lipinski definition) is 3. The topological polar surface area (TPSA) is 46.6 Å². The van der Waals surface area contributed by atoms with Crippen molar-refractivity contribution in [1.82, 2.24) is 4.31 Å². The van der Waals surface area contributed by atoms with Crippen LogP contribution in [-0.2, 0) is 14.8 Å². The molecule has 0 radical (unpaired) electrons. The zero-order valence-corrected chi connectivity index (χ0v) is 15.4. The molecular weight excluding hydrogens is 369 g/mol. The first kappa shape index (κ1) is 17.7. The van der Waals surface area contributed by atoms with E-state index in [4.69, 9.17) is 27.9 Å². The van der Waals surface area contributed by atoms with Crippen molar-refractivity contribution in [2.45, 2.75) is 17.9 Å². The first-order chi connectivity index (χ1) is 11.4. The second kappa shape index (κ2) is 7.02. The zero-order valence-electron chi connectivity index (χ0n) is 13.1. The van der Waals surface area contributed by atoms with Crippen LogP contribution in [0.15, 0.2) is 47.4 Å². The fourth-order valence-electron chi connectivity index (χ4n) is 2.68. The van der Waals surface area contributed by atoms with E-state index in [-0.39, 0.29) is 22.6 Å². The first-order valence-corrected chi connectivity index (χ1v) is 9.71. The van der Waals surface area contributed by atoms with Crippen LogP contribution in [0.5, 0.6) is 0 Å². The molecule has 0 N–H and O–H groups in total. The molecule has 1 saturated heterocycles. The van der Waals surface area contributed by atoms with Crippen molar-refractivity contribution in [2.75, 3.05) is 19.7 Å². The van der Waals surface area contributed by atoms with E-state index in [2.05, 4.69) is 0 Å². The van der Waals surface area contributed by atoms with Gasteiger partial charge in [-0.25, -0.2) is 8.42 Å². The molecule has 2 aromatic carbocycles. The fourth-order valence-corrected chi connectivity index (χ4v) is 4.91. The van der Waals surface area contributed by atoms with Crippen LogP contribution in [-0.4, -0.2) is 32.4 Å². The van der Waals surface area contributed by atoms with Gasteiger partial charge in [-0.2, -0.15) is 4.31 Å². The Morgan fingerprint density at radius 1 is 1.12 bits per heavy atom. The molecule has 0 aromatic heterocycles. The van der Waals surface area contributed by atoms with E-state index in [1.54, 1.807) is 6.92 Å². The molecule has 128 valence electrons. The minimum atomic E-state index is -3.71. The summed E-state index contributed by atoms with van der Waals surface area (Å²) in [6.07, 6.45) is -0.290. The minimum absolute atomic E-state index is 0.0831. The number of halogens is 2. The third-order valence-electron chi connectivity index (χ3n) is 4.03. The summed E-state index contributed by atoms with van der Waals surface area (Å²) < 4.78 is 33.1. The fraction of sp³-hybridized carbons (Fsp3) is 0.294. The lowest BCUT2D eigenvalue weighted by atomic mass is 10.1. The lowest BCUT2D eigenvalue weighted by Crippen LogP contribution is -2.42. The lowest BCUT2D eigenvalue weighted by Gasteiger charge is -2.32. The minimum Gasteiger partial charge on any atom is -0.371 e. The Kier molecular flexibility index (Phi) is 5.18. The average molecular weight is 386 g/mol. The summed E-state index contributed by atoms with van der Waals surface area (Å²) in [6, 6.07) is 12.6. The van der Waals surface area contributed by atoms with E-state index in [0.717, 1.165) is 5.56 Å². The van der Waals surface area contributed by atoms with Crippen LogP contribution in [0.2, 0.25) is 10.0 Å². The van der Waals surface area contributed by atoms with Gasteiger partial charge >= 0.3 is 0 Å². The van der Waals surface area contributed by atoms with Crippen molar-refractivity contribution in [1.29, 1.82) is 0 Å². The molecule has 1 aliphatic heterocycles. The van der Waals surface area contributed by atoms with Gasteiger partial charge in [-0.1, -0.05) is 53.5 Å². The monoisotopic (exact) mass is 385 g/mol. The smallest absolute Gasteiger partial charge is 0.244 e. The second-order valence-corrected chi connectivity index (χ2v) is 8.39. The molecule has 1 aliphatic rings. The predicted octanol–water partition coefficient (Wildman–Crippen LogP) is 4.06. The van der Waals surface area contributed by atoms with E-state index >= 15 is 0 Å². The number of benzene rings is 2. The van der Waals surface area contributed by atoms with Gasteiger partial charge in [0, 0.05) is 18.1 Å². The van der Waals surface area contributed by atoms with Crippen molar-refractivity contribution in [3.63, 3.8) is 0 Å². The highest BCUT2D eigenvalue weighted by molar-refractivity contribution is 7.89. The Morgan fingerprint density at radius 2 is 1.83 bits per heavy atom. The number of ether oxygens (including phenoxy) is 1. The van der Waals surface area contributed by atoms with Gasteiger partial charge in [0.1, 0.15) is 4.90 Å². The molecule has 1 fully saturated rings. The van der Waals surface area contributed by atoms with Crippen molar-refractivity contribution >= 4 is 33.2 Å². The molecule has 0 bridgehead atoms. The molecular formula is C17H17Cl2NO3S. The number of aryl methyl sites for hydroxylation is 1. The van der Waals surface area contributed by atoms with Crippen LogP contribution >= 0.6 is 23.2 Å². The summed E-state index contributed by atoms with van der Waals surface area (Å²) >= 11 is 12.1. The highest BCUT2D eigenvalue weighted by atomic mass is 35.5. The summed E-state index contributed by atoms with van der Waals surface area (Å²) in [5.74, 6) is 0. The highest BCUT2D eigenvalue weighted by Crippen LogP contribution is 2.32. The van der Waals surface area contributed by atoms with Gasteiger partial charge in [0.2, 0.25) is 10.0 Å². The summed E-state index contributed by atoms with van der Waals surface area (Å²) in [4.78, 5) is 0.0831. The van der Waals surface area contributed by atoms with Crippen molar-refractivity contribution in [3.05, 3.63) is 63.6 Å². The van der Waals surface area contributed by atoms with Gasteiger partial charge in [0.25, 0.3) is 0 Å². The van der Waals surface area contributed by atoms with Gasteiger partial charge in [0.05, 0.1) is 17.7 Å². The van der Waals surface area contributed by atoms with Crippen LogP contribution in [0, 0.1) is 6.92 Å². The zero-order chi connectivity index (χ0) is 17.3. The van der Waals surface area contributed by atoms with E-state index in [0.29, 0.717) is 23.7 Å². The van der Waals surface area contributed by atoms with Gasteiger partial charge in [0.15, 0.2) is 0 Å². The summed E-state index contributed by atoms with van der Waals surface area (Å²) in [6.45, 7) is 2.64. The second-order valence-electron chi connectivity index (χ2n) is 5.66. The third-order valence-corrected chi connectivity index (χ3v) is 6.77. The number of hydrogen-bond donors (Lipinski definition) is 0. The summed E-state index contributed by atoms with van der Waals surface area (Å²) in [7, 11) is -3.71. The normalized spacial score (nSPS) is 19.4. The molecule has 1 unspecified atom stereocenters. The number of nitrogens with zero attached hydrogens (tertiary/aromatic N) is 1. The Hall–Kier alpha value is -1.11. The van der Waals surface area contributed by atoms with E-state index in [1.165, 1.54) is 16.4 Å². The SMILES string of the molecule is Cc1cc(S(=O)(=O)N2CCOC(c3ccccc3)C2)c(Cl)cc1Cl. The molecule has 0 saturated carbocycles. The Labute approximate surface area is 152 Å². The van der Waals surface area contributed by atoms with Crippen LogP contribution in [0.4, 0.5) is 0 Å². The maximum absolute atomic E-state index is 13.0. The van der Waals surface area contributed by atoms with Crippen LogP contribution < -0.4 is 0 Å². The maximum Gasteiger partial charge on any atom is 0.244 e. The molecule has 1 atom stereocenters. The van der Waals surface area contributed by atoms with E-state index in [1.807, 2.05) is 30.3 Å². The molecule has 24 heavy (non-hydrogen) atoms. The highest BCUT2D eigenvalue weighted by Gasteiger charge is 2.33. The molecule has 0 amide bonds. The quantitative estimate of drug-likeness (QED) is 0.799. The molecule has 0 aliphatic carbocycles. The molecule has 4 nitrogen and oxygen atoms in total. The van der Waals surface area contributed by atoms with E-state index < -0.39 is 10.0 Å². The molecule has 1 heterocycles. The lowest BCUT2D eigenvalue weighted by molar-refractivity contribution is -0.00255. The predicted molar refractivity (Wildman–Crippen MR) is 95.1 cm³/mol. The van der Waals surface area contributed by atoms with Crippen LogP contribution in [0.1, 0.15) is 17.2 Å². The molecule has 0 spiro atoms. The maximum atomic E-state index is 13.0. The van der Waals surface area contributed by atoms with Gasteiger partial charge < -0.3 is 4.74 Å². The van der Waals surface area contributed by atoms with Crippen LogP contribution in [0.3, 0.4) is 0 Å². The van der Waals surface area contributed by atoms with Gasteiger partial charge in [-0.3, -0.25) is 0 Å². The van der Waals surface area contributed by atoms with Crippen molar-refractivity contribution in [2.24, 2.45) is 0 Å². The van der Waals surface area contributed by atoms with Crippen molar-refractivity contribution < 1.29 is 13.2 Å². The molecule has 7 heteroatoms. The number of rotatable bonds is 3. The van der Waals surface area contributed by atoms with E-state index in [9.17, 15) is 8.42 Å². The largest absolute Gasteiger partial charge is 0.371 e. The van der Waals surface area contributed by atoms with Gasteiger partial charge in [-0.05, 0) is 30.2 Å². The molecule has 2 aromatic rings.